The first-order valence-electron chi connectivity index (χ1n) is 12.1. The molecule has 0 saturated heterocycles. The van der Waals surface area contributed by atoms with Gasteiger partial charge in [0.05, 0.1) is 12.1 Å². The van der Waals surface area contributed by atoms with E-state index in [0.717, 1.165) is 49.8 Å². The van der Waals surface area contributed by atoms with Crippen LogP contribution in [0.1, 0.15) is 11.1 Å². The molecule has 2 heterocycles. The van der Waals surface area contributed by atoms with Crippen LogP contribution >= 0.6 is 0 Å². The first-order valence-corrected chi connectivity index (χ1v) is 12.1. The highest BCUT2D eigenvalue weighted by Crippen LogP contribution is 2.45. The smallest absolute Gasteiger partial charge is 0.219 e. The molecular weight excluding hydrogens is 459 g/mol. The number of pyridine rings is 1. The van der Waals surface area contributed by atoms with Gasteiger partial charge in [0.1, 0.15) is 24.0 Å². The predicted molar refractivity (Wildman–Crippen MR) is 147 cm³/mol. The van der Waals surface area contributed by atoms with Crippen LogP contribution in [0.5, 0.6) is 0 Å². The fraction of sp³-hybridized carbons (Fsp3) is 0.0909. The molecule has 0 aliphatic carbocycles. The maximum Gasteiger partial charge on any atom is 0.219 e. The zero-order valence-corrected chi connectivity index (χ0v) is 20.8. The van der Waals surface area contributed by atoms with Gasteiger partial charge in [0, 0.05) is 28.0 Å². The zero-order valence-electron chi connectivity index (χ0n) is 20.8. The van der Waals surface area contributed by atoms with Crippen LogP contribution in [0, 0.1) is 26.2 Å². The van der Waals surface area contributed by atoms with Crippen molar-refractivity contribution in [1.29, 1.82) is 0 Å². The van der Waals surface area contributed by atoms with E-state index in [1.54, 1.807) is 19.2 Å². The third-order valence-corrected chi connectivity index (χ3v) is 7.04. The molecule has 178 valence electrons. The van der Waals surface area contributed by atoms with Gasteiger partial charge in [-0.25, -0.2) is 13.8 Å². The van der Waals surface area contributed by atoms with Gasteiger partial charge in [-0.2, -0.15) is 0 Å². The minimum absolute atomic E-state index is 0.263. The quantitative estimate of drug-likeness (QED) is 0.182. The molecule has 0 fully saturated rings. The van der Waals surface area contributed by atoms with Crippen molar-refractivity contribution in [2.24, 2.45) is 7.05 Å². The van der Waals surface area contributed by atoms with Crippen molar-refractivity contribution in [1.82, 2.24) is 0 Å². The predicted octanol–water partition coefficient (Wildman–Crippen LogP) is 8.72. The van der Waals surface area contributed by atoms with E-state index in [-0.39, 0.29) is 5.82 Å². The first-order chi connectivity index (χ1) is 18.0. The van der Waals surface area contributed by atoms with Crippen LogP contribution in [0.3, 0.4) is 0 Å². The van der Waals surface area contributed by atoms with Crippen molar-refractivity contribution in [3.63, 3.8) is 0 Å². The monoisotopic (exact) mass is 483 g/mol. The van der Waals surface area contributed by atoms with Crippen molar-refractivity contribution < 1.29 is 13.4 Å². The number of aromatic nitrogens is 1. The molecule has 0 atom stereocenters. The standard InChI is InChI=1S/C33H24FN2O/c1-20-13-14-26-31-28(35-3)16-15-25(24-12-8-11-23(17-24)22-9-6-5-7-10-22)32(31)37-33(26)30(20)29-18-27(34)21(2)19-36(29)4/h5-19H,1-2,4H3/q+1. The van der Waals surface area contributed by atoms with Gasteiger partial charge in [-0.05, 0) is 42.2 Å². The van der Waals surface area contributed by atoms with E-state index in [1.807, 2.05) is 67.1 Å². The van der Waals surface area contributed by atoms with Crippen molar-refractivity contribution >= 4 is 27.6 Å². The number of furan rings is 1. The van der Waals surface area contributed by atoms with Crippen molar-refractivity contribution in [2.75, 3.05) is 0 Å². The Morgan fingerprint density at radius 1 is 0.784 bits per heavy atom. The average molecular weight is 484 g/mol. The fourth-order valence-corrected chi connectivity index (χ4v) is 5.17. The van der Waals surface area contributed by atoms with E-state index >= 15 is 0 Å². The Morgan fingerprint density at radius 3 is 2.32 bits per heavy atom. The summed E-state index contributed by atoms with van der Waals surface area (Å²) in [7, 11) is 1.91. The lowest BCUT2D eigenvalue weighted by molar-refractivity contribution is -0.661. The van der Waals surface area contributed by atoms with Gasteiger partial charge < -0.3 is 4.42 Å². The summed E-state index contributed by atoms with van der Waals surface area (Å²) in [6, 6.07) is 28.0. The Bertz CT molecular complexity index is 1880. The second kappa shape index (κ2) is 8.72. The van der Waals surface area contributed by atoms with Crippen molar-refractivity contribution in [3.8, 4) is 33.5 Å². The molecule has 0 spiro atoms. The molecule has 0 aliphatic heterocycles. The van der Waals surface area contributed by atoms with E-state index in [4.69, 9.17) is 11.0 Å². The Balaban J connectivity index is 1.66. The van der Waals surface area contributed by atoms with E-state index in [0.29, 0.717) is 22.4 Å². The Morgan fingerprint density at radius 2 is 1.54 bits per heavy atom. The zero-order chi connectivity index (χ0) is 25.7. The molecule has 0 radical (unpaired) electrons. The molecule has 3 nitrogen and oxygen atoms in total. The number of halogens is 1. The number of hydrogen-bond donors (Lipinski definition) is 0. The SMILES string of the molecule is [C-]#[N+]c1ccc(-c2cccc(-c3ccccc3)c2)c2oc3c(-c4cc(F)c(C)c[n+]4C)c(C)ccc3c12. The Kier molecular flexibility index (Phi) is 5.35. The van der Waals surface area contributed by atoms with Gasteiger partial charge in [-0.3, -0.25) is 0 Å². The van der Waals surface area contributed by atoms with Crippen molar-refractivity contribution in [3.05, 3.63) is 119 Å². The van der Waals surface area contributed by atoms with Gasteiger partial charge in [-0.1, -0.05) is 72.8 Å². The van der Waals surface area contributed by atoms with E-state index in [9.17, 15) is 4.39 Å². The summed E-state index contributed by atoms with van der Waals surface area (Å²) in [6.07, 6.45) is 1.79. The fourth-order valence-electron chi connectivity index (χ4n) is 5.17. The van der Waals surface area contributed by atoms with Gasteiger partial charge in [0.25, 0.3) is 0 Å². The minimum atomic E-state index is -0.263. The highest BCUT2D eigenvalue weighted by Gasteiger charge is 2.24. The molecule has 2 aromatic heterocycles. The van der Waals surface area contributed by atoms with Crippen LogP contribution in [0.2, 0.25) is 0 Å². The van der Waals surface area contributed by atoms with Crippen LogP contribution in [-0.2, 0) is 7.05 Å². The molecule has 6 rings (SSSR count). The molecule has 4 heteroatoms. The van der Waals surface area contributed by atoms with E-state index in [2.05, 4.69) is 35.2 Å². The molecule has 0 bridgehead atoms. The van der Waals surface area contributed by atoms with Crippen molar-refractivity contribution in [2.45, 2.75) is 13.8 Å². The Labute approximate surface area is 214 Å². The minimum Gasteiger partial charge on any atom is -0.456 e. The number of nitrogens with zero attached hydrogens (tertiary/aromatic N) is 2. The largest absolute Gasteiger partial charge is 0.456 e. The lowest BCUT2D eigenvalue weighted by Crippen LogP contribution is -2.31. The normalized spacial score (nSPS) is 11.2. The van der Waals surface area contributed by atoms with Gasteiger partial charge in [-0.15, -0.1) is 0 Å². The summed E-state index contributed by atoms with van der Waals surface area (Å²) in [4.78, 5) is 3.81. The maximum atomic E-state index is 14.7. The summed E-state index contributed by atoms with van der Waals surface area (Å²) < 4.78 is 23.2. The molecule has 0 aliphatic rings. The molecule has 37 heavy (non-hydrogen) atoms. The second-order valence-corrected chi connectivity index (χ2v) is 9.43. The third-order valence-electron chi connectivity index (χ3n) is 7.04. The maximum absolute atomic E-state index is 14.7. The van der Waals surface area contributed by atoms with E-state index < -0.39 is 0 Å². The molecule has 6 aromatic rings. The van der Waals surface area contributed by atoms with Gasteiger partial charge in [0.15, 0.2) is 11.9 Å². The lowest BCUT2D eigenvalue weighted by atomic mass is 9.96. The lowest BCUT2D eigenvalue weighted by Gasteiger charge is -2.07. The molecule has 0 saturated carbocycles. The van der Waals surface area contributed by atoms with Gasteiger partial charge in [0.2, 0.25) is 5.69 Å². The molecule has 0 amide bonds. The number of rotatable bonds is 3. The summed E-state index contributed by atoms with van der Waals surface area (Å²) in [5.74, 6) is -0.263. The Hall–Kier alpha value is -4.75. The van der Waals surface area contributed by atoms with E-state index in [1.165, 1.54) is 0 Å². The topological polar surface area (TPSA) is 21.4 Å². The number of fused-ring (bicyclic) bond motifs is 3. The number of aryl methyl sites for hydroxylation is 3. The van der Waals surface area contributed by atoms with Crippen LogP contribution in [0.25, 0.3) is 60.3 Å². The molecular formula is C33H24FN2O+. The highest BCUT2D eigenvalue weighted by atomic mass is 19.1. The average Bonchev–Trinajstić information content (AvgIpc) is 3.31. The highest BCUT2D eigenvalue weighted by molar-refractivity contribution is 6.18. The second-order valence-electron chi connectivity index (χ2n) is 9.43. The summed E-state index contributed by atoms with van der Waals surface area (Å²) in [5, 5.41) is 1.63. The summed E-state index contributed by atoms with van der Waals surface area (Å²) >= 11 is 0. The molecule has 4 aromatic carbocycles. The molecule has 0 unspecified atom stereocenters. The van der Waals surface area contributed by atoms with Crippen LogP contribution in [-0.4, -0.2) is 0 Å². The van der Waals surface area contributed by atoms with Crippen LogP contribution in [0.15, 0.2) is 95.5 Å². The summed E-state index contributed by atoms with van der Waals surface area (Å²) in [5.41, 5.74) is 9.13. The summed E-state index contributed by atoms with van der Waals surface area (Å²) in [6.45, 7) is 11.6. The number of hydrogen-bond acceptors (Lipinski definition) is 1. The van der Waals surface area contributed by atoms with Crippen LogP contribution < -0.4 is 4.57 Å². The van der Waals surface area contributed by atoms with Gasteiger partial charge >= 0.3 is 0 Å². The third kappa shape index (κ3) is 3.68. The molecule has 0 N–H and O–H groups in total. The number of benzene rings is 4. The first kappa shape index (κ1) is 22.7. The van der Waals surface area contributed by atoms with Crippen LogP contribution in [0.4, 0.5) is 10.1 Å².